The molecule has 2 aromatic rings. The minimum Gasteiger partial charge on any atom is -0.494 e. The van der Waals surface area contributed by atoms with Crippen molar-refractivity contribution in [1.82, 2.24) is 9.97 Å². The van der Waals surface area contributed by atoms with Crippen molar-refractivity contribution in [3.05, 3.63) is 42.2 Å². The van der Waals surface area contributed by atoms with Gasteiger partial charge < -0.3 is 4.74 Å². The van der Waals surface area contributed by atoms with Crippen molar-refractivity contribution < 1.29 is 4.74 Å². The topological polar surface area (TPSA) is 35.0 Å². The van der Waals surface area contributed by atoms with Gasteiger partial charge in [-0.1, -0.05) is 104 Å². The summed E-state index contributed by atoms with van der Waals surface area (Å²) in [5.41, 5.74) is 2.30. The lowest BCUT2D eigenvalue weighted by atomic mass is 10.1. The van der Waals surface area contributed by atoms with Crippen LogP contribution in [0.4, 0.5) is 0 Å². The van der Waals surface area contributed by atoms with Crippen LogP contribution in [0.5, 0.6) is 5.75 Å². The third-order valence-corrected chi connectivity index (χ3v) is 6.40. The minimum absolute atomic E-state index is 0.796. The van der Waals surface area contributed by atoms with Crippen molar-refractivity contribution in [3.63, 3.8) is 0 Å². The van der Waals surface area contributed by atoms with Gasteiger partial charge in [0.2, 0.25) is 0 Å². The molecule has 0 saturated carbocycles. The third kappa shape index (κ3) is 12.8. The van der Waals surface area contributed by atoms with E-state index >= 15 is 0 Å². The highest BCUT2D eigenvalue weighted by atomic mass is 16.5. The lowest BCUT2D eigenvalue weighted by Crippen LogP contribution is -1.97. The van der Waals surface area contributed by atoms with Crippen LogP contribution in [0.3, 0.4) is 0 Å². The summed E-state index contributed by atoms with van der Waals surface area (Å²) in [6, 6.07) is 8.21. The second-order valence-corrected chi connectivity index (χ2v) is 9.49. The smallest absolute Gasteiger partial charge is 0.159 e. The second kappa shape index (κ2) is 18.5. The van der Waals surface area contributed by atoms with E-state index in [-0.39, 0.29) is 0 Å². The van der Waals surface area contributed by atoms with Crippen LogP contribution in [0.15, 0.2) is 36.7 Å². The molecular formula is C30H48N2O. The summed E-state index contributed by atoms with van der Waals surface area (Å²) in [5, 5.41) is 0. The summed E-state index contributed by atoms with van der Waals surface area (Å²) in [7, 11) is 0. The first-order valence-corrected chi connectivity index (χ1v) is 13.9. The molecule has 33 heavy (non-hydrogen) atoms. The van der Waals surface area contributed by atoms with Crippen LogP contribution >= 0.6 is 0 Å². The van der Waals surface area contributed by atoms with Crippen molar-refractivity contribution in [2.45, 2.75) is 123 Å². The van der Waals surface area contributed by atoms with Gasteiger partial charge in [-0.3, -0.25) is 0 Å². The highest BCUT2D eigenvalue weighted by molar-refractivity contribution is 5.55. The molecule has 1 aromatic heterocycles. The van der Waals surface area contributed by atoms with Gasteiger partial charge >= 0.3 is 0 Å². The maximum Gasteiger partial charge on any atom is 0.159 e. The zero-order valence-electron chi connectivity index (χ0n) is 21.5. The highest BCUT2D eigenvalue weighted by Gasteiger charge is 2.03. The molecule has 3 heteroatoms. The molecule has 0 saturated heterocycles. The van der Waals surface area contributed by atoms with Crippen molar-refractivity contribution in [1.29, 1.82) is 0 Å². The molecule has 1 aromatic carbocycles. The van der Waals surface area contributed by atoms with E-state index in [4.69, 9.17) is 4.74 Å². The average Bonchev–Trinajstić information content (AvgIpc) is 2.85. The molecule has 3 nitrogen and oxygen atoms in total. The van der Waals surface area contributed by atoms with E-state index in [1.807, 2.05) is 24.5 Å². The van der Waals surface area contributed by atoms with Crippen molar-refractivity contribution in [2.75, 3.05) is 6.61 Å². The zero-order valence-corrected chi connectivity index (χ0v) is 21.5. The predicted octanol–water partition coefficient (Wildman–Crippen LogP) is 9.35. The van der Waals surface area contributed by atoms with Crippen LogP contribution < -0.4 is 4.74 Å². The molecule has 0 bridgehead atoms. The lowest BCUT2D eigenvalue weighted by molar-refractivity contribution is 0.304. The fourth-order valence-corrected chi connectivity index (χ4v) is 4.22. The first-order chi connectivity index (χ1) is 16.3. The standard InChI is InChI=1S/C30H48N2O/c1-3-5-7-9-11-12-13-15-17-19-27-25-31-30(32-26-27)28-20-22-29(23-21-28)33-24-18-16-14-10-8-6-4-2/h20-23,25-26H,3-19,24H2,1-2H3. The largest absolute Gasteiger partial charge is 0.494 e. The molecule has 0 spiro atoms. The molecule has 0 fully saturated rings. The Morgan fingerprint density at radius 1 is 0.576 bits per heavy atom. The highest BCUT2D eigenvalue weighted by Crippen LogP contribution is 2.20. The Kier molecular flexibility index (Phi) is 15.3. The molecule has 0 atom stereocenters. The molecule has 0 aliphatic heterocycles. The van der Waals surface area contributed by atoms with Gasteiger partial charge in [0.15, 0.2) is 5.82 Å². The minimum atomic E-state index is 0.796. The third-order valence-electron chi connectivity index (χ3n) is 6.40. The van der Waals surface area contributed by atoms with Gasteiger partial charge in [0.05, 0.1) is 6.61 Å². The average molecular weight is 453 g/mol. The van der Waals surface area contributed by atoms with Gasteiger partial charge in [0.25, 0.3) is 0 Å². The Balaban J connectivity index is 1.59. The van der Waals surface area contributed by atoms with Crippen molar-refractivity contribution in [3.8, 4) is 17.1 Å². The van der Waals surface area contributed by atoms with Crippen LogP contribution in [0.2, 0.25) is 0 Å². The van der Waals surface area contributed by atoms with Crippen molar-refractivity contribution >= 4 is 0 Å². The number of rotatable bonds is 20. The van der Waals surface area contributed by atoms with Crippen LogP contribution in [0.25, 0.3) is 11.4 Å². The number of hydrogen-bond acceptors (Lipinski definition) is 3. The number of nitrogens with zero attached hydrogens (tertiary/aromatic N) is 2. The number of benzene rings is 1. The van der Waals surface area contributed by atoms with E-state index in [2.05, 4.69) is 35.9 Å². The van der Waals surface area contributed by atoms with E-state index in [1.165, 1.54) is 102 Å². The normalized spacial score (nSPS) is 11.1. The number of aryl methyl sites for hydroxylation is 1. The SMILES string of the molecule is CCCCCCCCCCCc1cnc(-c2ccc(OCCCCCCCCC)cc2)nc1. The Bertz CT molecular complexity index is 696. The Hall–Kier alpha value is -1.90. The van der Waals surface area contributed by atoms with Crippen LogP contribution in [0, 0.1) is 0 Å². The maximum absolute atomic E-state index is 5.90. The van der Waals surface area contributed by atoms with E-state index in [9.17, 15) is 0 Å². The zero-order chi connectivity index (χ0) is 23.4. The summed E-state index contributed by atoms with van der Waals surface area (Å²) >= 11 is 0. The quantitative estimate of drug-likeness (QED) is 0.188. The van der Waals surface area contributed by atoms with Gasteiger partial charge in [0, 0.05) is 18.0 Å². The number of aromatic nitrogens is 2. The van der Waals surface area contributed by atoms with E-state index in [1.54, 1.807) is 0 Å². The van der Waals surface area contributed by atoms with E-state index in [0.29, 0.717) is 0 Å². The first-order valence-electron chi connectivity index (χ1n) is 13.9. The Labute approximate surface area is 203 Å². The fraction of sp³-hybridized carbons (Fsp3) is 0.667. The molecule has 184 valence electrons. The van der Waals surface area contributed by atoms with Crippen LogP contribution in [-0.4, -0.2) is 16.6 Å². The first kappa shape index (κ1) is 27.3. The summed E-state index contributed by atoms with van der Waals surface area (Å²) in [6.07, 6.45) is 26.5. The van der Waals surface area contributed by atoms with Crippen molar-refractivity contribution in [2.24, 2.45) is 0 Å². The van der Waals surface area contributed by atoms with E-state index in [0.717, 1.165) is 36.6 Å². The van der Waals surface area contributed by atoms with Gasteiger partial charge in [-0.2, -0.15) is 0 Å². The maximum atomic E-state index is 5.90. The van der Waals surface area contributed by atoms with Gasteiger partial charge in [-0.15, -0.1) is 0 Å². The number of hydrogen-bond donors (Lipinski definition) is 0. The molecule has 0 radical (unpaired) electrons. The van der Waals surface area contributed by atoms with Gasteiger partial charge in [-0.25, -0.2) is 9.97 Å². The van der Waals surface area contributed by atoms with E-state index < -0.39 is 0 Å². The lowest BCUT2D eigenvalue weighted by Gasteiger charge is -2.07. The monoisotopic (exact) mass is 452 g/mol. The fourth-order valence-electron chi connectivity index (χ4n) is 4.22. The van der Waals surface area contributed by atoms with Gasteiger partial charge in [-0.05, 0) is 49.1 Å². The molecule has 0 N–H and O–H groups in total. The van der Waals surface area contributed by atoms with Crippen LogP contribution in [0.1, 0.15) is 122 Å². The summed E-state index contributed by atoms with van der Waals surface area (Å²) in [6.45, 7) is 5.34. The molecule has 2 rings (SSSR count). The Morgan fingerprint density at radius 2 is 1.06 bits per heavy atom. The summed E-state index contributed by atoms with van der Waals surface area (Å²) < 4.78 is 5.90. The number of ether oxygens (including phenoxy) is 1. The van der Waals surface area contributed by atoms with Gasteiger partial charge in [0.1, 0.15) is 5.75 Å². The second-order valence-electron chi connectivity index (χ2n) is 9.49. The molecular weight excluding hydrogens is 404 g/mol. The summed E-state index contributed by atoms with van der Waals surface area (Å²) in [4.78, 5) is 9.20. The molecule has 0 aliphatic rings. The molecule has 1 heterocycles. The molecule has 0 unspecified atom stereocenters. The number of unbranched alkanes of at least 4 members (excludes halogenated alkanes) is 14. The molecule has 0 aliphatic carbocycles. The Morgan fingerprint density at radius 3 is 1.61 bits per heavy atom. The van der Waals surface area contributed by atoms with Crippen LogP contribution in [-0.2, 0) is 6.42 Å². The summed E-state index contributed by atoms with van der Waals surface area (Å²) in [5.74, 6) is 1.73. The molecule has 0 amide bonds. The predicted molar refractivity (Wildman–Crippen MR) is 142 cm³/mol.